The van der Waals surface area contributed by atoms with Gasteiger partial charge in [-0.1, -0.05) is 79.1 Å². The second-order valence-electron chi connectivity index (χ2n) is 9.02. The lowest BCUT2D eigenvalue weighted by atomic mass is 9.97. The highest BCUT2D eigenvalue weighted by atomic mass is 32.2. The van der Waals surface area contributed by atoms with Crippen LogP contribution in [0.1, 0.15) is 64.3 Å². The molecule has 3 aromatic carbocycles. The molecular weight excluding hydrogens is 444 g/mol. The van der Waals surface area contributed by atoms with Crippen molar-refractivity contribution in [1.82, 2.24) is 9.62 Å². The fraction of sp³-hybridized carbons (Fsp3) is 0.321. The first-order valence-corrected chi connectivity index (χ1v) is 13.3. The maximum atomic E-state index is 13.5. The lowest BCUT2D eigenvalue weighted by molar-refractivity contribution is 0.0942. The van der Waals surface area contributed by atoms with Crippen LogP contribution in [-0.4, -0.2) is 31.7 Å². The van der Waals surface area contributed by atoms with Crippen LogP contribution in [0.4, 0.5) is 0 Å². The normalized spacial score (nSPS) is 15.9. The largest absolute Gasteiger partial charge is 0.341 e. The molecule has 1 atom stereocenters. The predicted octanol–water partition coefficient (Wildman–Crippen LogP) is 5.39. The molecule has 0 aromatic heterocycles. The second kappa shape index (κ2) is 10.5. The molecule has 1 N–H and O–H groups in total. The van der Waals surface area contributed by atoms with Crippen LogP contribution in [0.5, 0.6) is 0 Å². The summed E-state index contributed by atoms with van der Waals surface area (Å²) in [5.74, 6) is -0.292. The molecule has 0 unspecified atom stereocenters. The number of nitrogens with one attached hydrogen (secondary N) is 1. The van der Waals surface area contributed by atoms with Crippen LogP contribution in [0, 0.1) is 13.8 Å². The van der Waals surface area contributed by atoms with Crippen LogP contribution < -0.4 is 5.32 Å². The third-order valence-corrected chi connectivity index (χ3v) is 8.37. The Kier molecular flexibility index (Phi) is 7.49. The van der Waals surface area contributed by atoms with Crippen LogP contribution in [0.15, 0.2) is 77.7 Å². The third-order valence-electron chi connectivity index (χ3n) is 6.48. The summed E-state index contributed by atoms with van der Waals surface area (Å²) in [6, 6.07) is 22.4. The number of benzene rings is 3. The number of carbonyl (C=O) groups is 1. The summed E-state index contributed by atoms with van der Waals surface area (Å²) in [4.78, 5) is 13.7. The van der Waals surface area contributed by atoms with Gasteiger partial charge in [-0.25, -0.2) is 8.42 Å². The van der Waals surface area contributed by atoms with Crippen molar-refractivity contribution in [3.8, 4) is 0 Å². The van der Waals surface area contributed by atoms with Crippen LogP contribution in [0.2, 0.25) is 0 Å². The Morgan fingerprint density at radius 3 is 2.09 bits per heavy atom. The van der Waals surface area contributed by atoms with Gasteiger partial charge in [0, 0.05) is 18.7 Å². The van der Waals surface area contributed by atoms with Crippen LogP contribution in [0.3, 0.4) is 0 Å². The Labute approximate surface area is 202 Å². The Bertz CT molecular complexity index is 1230. The highest BCUT2D eigenvalue weighted by Gasteiger charge is 2.27. The van der Waals surface area contributed by atoms with Crippen molar-refractivity contribution in [1.29, 1.82) is 0 Å². The Morgan fingerprint density at radius 1 is 0.824 bits per heavy atom. The Hall–Kier alpha value is -2.96. The van der Waals surface area contributed by atoms with E-state index in [0.29, 0.717) is 18.7 Å². The molecule has 4 rings (SSSR count). The minimum Gasteiger partial charge on any atom is -0.341 e. The number of aryl methyl sites for hydroxylation is 2. The molecule has 1 heterocycles. The maximum absolute atomic E-state index is 13.5. The van der Waals surface area contributed by atoms with Gasteiger partial charge in [-0.2, -0.15) is 4.31 Å². The smallest absolute Gasteiger partial charge is 0.252 e. The molecule has 34 heavy (non-hydrogen) atoms. The van der Waals surface area contributed by atoms with Crippen molar-refractivity contribution in [3.63, 3.8) is 0 Å². The molecule has 6 heteroatoms. The number of sulfonamides is 1. The van der Waals surface area contributed by atoms with E-state index in [2.05, 4.69) is 5.32 Å². The predicted molar refractivity (Wildman–Crippen MR) is 135 cm³/mol. The maximum Gasteiger partial charge on any atom is 0.252 e. The Morgan fingerprint density at radius 2 is 1.44 bits per heavy atom. The number of nitrogens with zero attached hydrogens (tertiary/aromatic N) is 1. The van der Waals surface area contributed by atoms with Crippen molar-refractivity contribution in [2.24, 2.45) is 0 Å². The molecule has 3 aromatic rings. The molecule has 178 valence electrons. The molecule has 0 aliphatic carbocycles. The topological polar surface area (TPSA) is 66.5 Å². The summed E-state index contributed by atoms with van der Waals surface area (Å²) in [5.41, 5.74) is 4.19. The second-order valence-corrected chi connectivity index (χ2v) is 11.0. The first kappa shape index (κ1) is 24.2. The number of hydrogen-bond acceptors (Lipinski definition) is 3. The number of carbonyl (C=O) groups excluding carboxylic acids is 1. The summed E-state index contributed by atoms with van der Waals surface area (Å²) in [7, 11) is -3.64. The summed E-state index contributed by atoms with van der Waals surface area (Å²) in [6.07, 6.45) is 3.84. The molecule has 1 fully saturated rings. The van der Waals surface area contributed by atoms with Crippen LogP contribution in [0.25, 0.3) is 0 Å². The van der Waals surface area contributed by atoms with Crippen molar-refractivity contribution >= 4 is 15.9 Å². The van der Waals surface area contributed by atoms with Gasteiger partial charge in [-0.3, -0.25) is 4.79 Å². The lowest BCUT2D eigenvalue weighted by Gasteiger charge is -2.22. The van der Waals surface area contributed by atoms with Gasteiger partial charge < -0.3 is 5.32 Å². The fourth-order valence-corrected chi connectivity index (χ4v) is 5.95. The SMILES string of the molecule is Cc1ccc([C@@H](NC(=O)c2cc(S(=O)(=O)N3CCCCCC3)ccc2C)c2ccccc2)cc1. The van der Waals surface area contributed by atoms with Crippen molar-refractivity contribution < 1.29 is 13.2 Å². The molecule has 1 aliphatic rings. The Balaban J connectivity index is 1.65. The van der Waals surface area contributed by atoms with Gasteiger partial charge in [-0.15, -0.1) is 0 Å². The molecule has 0 spiro atoms. The molecule has 1 aliphatic heterocycles. The molecular formula is C28H32N2O3S. The molecule has 0 radical (unpaired) electrons. The van der Waals surface area contributed by atoms with Crippen LogP contribution >= 0.6 is 0 Å². The molecule has 5 nitrogen and oxygen atoms in total. The van der Waals surface area contributed by atoms with Gasteiger partial charge in [0.25, 0.3) is 5.91 Å². The zero-order chi connectivity index (χ0) is 24.1. The number of rotatable bonds is 6. The van der Waals surface area contributed by atoms with Crippen molar-refractivity contribution in [3.05, 3.63) is 101 Å². The average molecular weight is 477 g/mol. The molecule has 1 amide bonds. The zero-order valence-corrected chi connectivity index (χ0v) is 20.6. The van der Waals surface area contributed by atoms with Crippen LogP contribution in [-0.2, 0) is 10.0 Å². The van der Waals surface area contributed by atoms with Crippen molar-refractivity contribution in [2.75, 3.05) is 13.1 Å². The van der Waals surface area contributed by atoms with E-state index >= 15 is 0 Å². The van der Waals surface area contributed by atoms with Gasteiger partial charge in [0.05, 0.1) is 10.9 Å². The van der Waals surface area contributed by atoms with E-state index in [1.165, 1.54) is 6.07 Å². The summed E-state index contributed by atoms with van der Waals surface area (Å²) in [5, 5.41) is 3.15. The van der Waals surface area contributed by atoms with Gasteiger partial charge >= 0.3 is 0 Å². The van der Waals surface area contributed by atoms with Gasteiger partial charge in [-0.05, 0) is 55.5 Å². The molecule has 0 bridgehead atoms. The molecule has 0 saturated carbocycles. The van der Waals surface area contributed by atoms with E-state index in [9.17, 15) is 13.2 Å². The highest BCUT2D eigenvalue weighted by molar-refractivity contribution is 7.89. The minimum atomic E-state index is -3.64. The monoisotopic (exact) mass is 476 g/mol. The summed E-state index contributed by atoms with van der Waals surface area (Å²) in [6.45, 7) is 4.92. The summed E-state index contributed by atoms with van der Waals surface area (Å²) >= 11 is 0. The van der Waals surface area contributed by atoms with E-state index < -0.39 is 10.0 Å². The number of hydrogen-bond donors (Lipinski definition) is 1. The lowest BCUT2D eigenvalue weighted by Crippen LogP contribution is -2.33. The van der Waals surface area contributed by atoms with E-state index in [0.717, 1.165) is 47.9 Å². The van der Waals surface area contributed by atoms with E-state index in [1.54, 1.807) is 16.4 Å². The van der Waals surface area contributed by atoms with Crippen molar-refractivity contribution in [2.45, 2.75) is 50.5 Å². The fourth-order valence-electron chi connectivity index (χ4n) is 4.41. The molecule has 1 saturated heterocycles. The van der Waals surface area contributed by atoms with Gasteiger partial charge in [0.15, 0.2) is 0 Å². The van der Waals surface area contributed by atoms with E-state index in [4.69, 9.17) is 0 Å². The van der Waals surface area contributed by atoms with E-state index in [-0.39, 0.29) is 16.8 Å². The minimum absolute atomic E-state index is 0.178. The first-order valence-electron chi connectivity index (χ1n) is 11.9. The van der Waals surface area contributed by atoms with E-state index in [1.807, 2.05) is 68.4 Å². The summed E-state index contributed by atoms with van der Waals surface area (Å²) < 4.78 is 28.2. The first-order chi connectivity index (χ1) is 16.4. The standard InChI is InChI=1S/C28H32N2O3S/c1-21-12-15-24(16-13-21)27(23-10-6-5-7-11-23)29-28(31)26-20-25(17-14-22(26)2)34(32,33)30-18-8-3-4-9-19-30/h5-7,10-17,20,27H,3-4,8-9,18-19H2,1-2H3,(H,29,31)/t27-/m0/s1. The van der Waals surface area contributed by atoms with Gasteiger partial charge in [0.2, 0.25) is 10.0 Å². The van der Waals surface area contributed by atoms with Gasteiger partial charge in [0.1, 0.15) is 0 Å². The quantitative estimate of drug-likeness (QED) is 0.519. The average Bonchev–Trinajstić information content (AvgIpc) is 3.14. The highest BCUT2D eigenvalue weighted by Crippen LogP contribution is 2.26. The number of amides is 1. The third kappa shape index (κ3) is 5.40. The zero-order valence-electron chi connectivity index (χ0n) is 19.8.